The van der Waals surface area contributed by atoms with E-state index < -0.39 is 0 Å². The van der Waals surface area contributed by atoms with Gasteiger partial charge in [-0.15, -0.1) is 0 Å². The Morgan fingerprint density at radius 3 is 2.56 bits per heavy atom. The van der Waals surface area contributed by atoms with E-state index in [1.807, 2.05) is 20.9 Å². The van der Waals surface area contributed by atoms with Gasteiger partial charge in [-0.05, 0) is 37.6 Å². The van der Waals surface area contributed by atoms with Crippen molar-refractivity contribution in [3.8, 4) is 5.75 Å². The molecule has 0 aliphatic heterocycles. The van der Waals surface area contributed by atoms with Gasteiger partial charge in [0.2, 0.25) is 0 Å². The van der Waals surface area contributed by atoms with Crippen LogP contribution in [0.4, 0.5) is 5.82 Å². The first-order chi connectivity index (χ1) is 8.45. The number of amides is 1. The monoisotopic (exact) mass is 245 g/mol. The predicted octanol–water partition coefficient (Wildman–Crippen LogP) is 1.99. The molecule has 0 aliphatic carbocycles. The largest absolute Gasteiger partial charge is 0.508 e. The van der Waals surface area contributed by atoms with E-state index in [1.165, 1.54) is 6.07 Å². The van der Waals surface area contributed by atoms with Gasteiger partial charge in [0.1, 0.15) is 5.75 Å². The fourth-order valence-electron chi connectivity index (χ4n) is 1.70. The van der Waals surface area contributed by atoms with Gasteiger partial charge in [-0.25, -0.2) is 0 Å². The molecule has 0 saturated carbocycles. The smallest absolute Gasteiger partial charge is 0.257 e. The highest BCUT2D eigenvalue weighted by Gasteiger charge is 2.10. The number of phenolic OH excluding ortho intramolecular Hbond substituents is 1. The summed E-state index contributed by atoms with van der Waals surface area (Å²) < 4.78 is 1.68. The van der Waals surface area contributed by atoms with E-state index in [9.17, 15) is 9.90 Å². The number of nitrogens with zero attached hydrogens (tertiary/aromatic N) is 2. The molecule has 1 aromatic carbocycles. The second kappa shape index (κ2) is 4.52. The highest BCUT2D eigenvalue weighted by Crippen LogP contribution is 2.16. The third kappa shape index (κ3) is 2.51. The van der Waals surface area contributed by atoms with Crippen LogP contribution in [-0.4, -0.2) is 20.8 Å². The molecular weight excluding hydrogens is 230 g/mol. The molecule has 0 unspecified atom stereocenters. The molecule has 0 atom stereocenters. The molecule has 18 heavy (non-hydrogen) atoms. The zero-order valence-corrected chi connectivity index (χ0v) is 10.6. The summed E-state index contributed by atoms with van der Waals surface area (Å²) in [5.41, 5.74) is 2.20. The average Bonchev–Trinajstić information content (AvgIpc) is 2.56. The zero-order valence-electron chi connectivity index (χ0n) is 10.6. The second-order valence-corrected chi connectivity index (χ2v) is 4.31. The minimum Gasteiger partial charge on any atom is -0.508 e. The van der Waals surface area contributed by atoms with Crippen molar-refractivity contribution in [3.63, 3.8) is 0 Å². The summed E-state index contributed by atoms with van der Waals surface area (Å²) in [5.74, 6) is 0.297. The zero-order chi connectivity index (χ0) is 13.3. The molecule has 0 bridgehead atoms. The minimum atomic E-state index is -0.285. The third-order valence-corrected chi connectivity index (χ3v) is 2.68. The van der Waals surface area contributed by atoms with Crippen molar-refractivity contribution in [3.05, 3.63) is 41.1 Å². The lowest BCUT2D eigenvalue weighted by Crippen LogP contribution is -2.12. The van der Waals surface area contributed by atoms with Gasteiger partial charge in [0.15, 0.2) is 5.82 Å². The summed E-state index contributed by atoms with van der Waals surface area (Å²) in [6, 6.07) is 6.53. The van der Waals surface area contributed by atoms with Gasteiger partial charge in [-0.3, -0.25) is 9.48 Å². The highest BCUT2D eigenvalue weighted by atomic mass is 16.3. The van der Waals surface area contributed by atoms with E-state index in [0.29, 0.717) is 11.4 Å². The van der Waals surface area contributed by atoms with Crippen LogP contribution in [0.2, 0.25) is 0 Å². The molecule has 0 saturated heterocycles. The summed E-state index contributed by atoms with van der Waals surface area (Å²) in [6.45, 7) is 3.72. The number of hydrogen-bond acceptors (Lipinski definition) is 3. The van der Waals surface area contributed by atoms with Crippen LogP contribution >= 0.6 is 0 Å². The Morgan fingerprint density at radius 2 is 2.00 bits per heavy atom. The van der Waals surface area contributed by atoms with Crippen LogP contribution < -0.4 is 5.32 Å². The van der Waals surface area contributed by atoms with Crippen LogP contribution in [0.5, 0.6) is 5.75 Å². The molecule has 2 rings (SSSR count). The number of aromatic hydroxyl groups is 1. The van der Waals surface area contributed by atoms with E-state index >= 15 is 0 Å². The van der Waals surface area contributed by atoms with E-state index in [2.05, 4.69) is 10.4 Å². The number of aromatic nitrogens is 2. The quantitative estimate of drug-likeness (QED) is 0.850. The van der Waals surface area contributed by atoms with E-state index in [1.54, 1.807) is 22.9 Å². The van der Waals surface area contributed by atoms with Crippen molar-refractivity contribution in [2.75, 3.05) is 5.32 Å². The molecular formula is C13H15N3O2. The lowest BCUT2D eigenvalue weighted by molar-refractivity contribution is 0.102. The molecule has 0 aliphatic rings. The number of nitrogens with one attached hydrogen (secondary N) is 1. The normalized spacial score (nSPS) is 10.4. The fourth-order valence-corrected chi connectivity index (χ4v) is 1.70. The Morgan fingerprint density at radius 1 is 1.28 bits per heavy atom. The molecule has 5 heteroatoms. The highest BCUT2D eigenvalue weighted by molar-refractivity contribution is 6.04. The average molecular weight is 245 g/mol. The Labute approximate surface area is 105 Å². The van der Waals surface area contributed by atoms with Crippen molar-refractivity contribution < 1.29 is 9.90 Å². The van der Waals surface area contributed by atoms with Crippen LogP contribution in [0.25, 0.3) is 0 Å². The first-order valence-corrected chi connectivity index (χ1v) is 5.58. The van der Waals surface area contributed by atoms with Crippen molar-refractivity contribution in [2.45, 2.75) is 13.8 Å². The van der Waals surface area contributed by atoms with E-state index in [0.717, 1.165) is 11.3 Å². The number of aryl methyl sites for hydroxylation is 3. The van der Waals surface area contributed by atoms with Gasteiger partial charge >= 0.3 is 0 Å². The van der Waals surface area contributed by atoms with Crippen LogP contribution in [0, 0.1) is 13.8 Å². The maximum absolute atomic E-state index is 12.0. The van der Waals surface area contributed by atoms with Gasteiger partial charge < -0.3 is 10.4 Å². The number of anilines is 1. The Kier molecular flexibility index (Phi) is 3.06. The SMILES string of the molecule is Cc1cc(O)cc(C(=O)Nc2cc(C)n(C)n2)c1. The standard InChI is InChI=1S/C13H15N3O2/c1-8-4-10(7-11(17)5-8)13(18)14-12-6-9(2)16(3)15-12/h4-7,17H,1-3H3,(H,14,15,18). The van der Waals surface area contributed by atoms with Gasteiger partial charge in [0.05, 0.1) is 0 Å². The lowest BCUT2D eigenvalue weighted by atomic mass is 10.1. The molecule has 2 N–H and O–H groups in total. The van der Waals surface area contributed by atoms with Crippen LogP contribution in [0.1, 0.15) is 21.6 Å². The maximum atomic E-state index is 12.0. The van der Waals surface area contributed by atoms with E-state index in [4.69, 9.17) is 0 Å². The summed E-state index contributed by atoms with van der Waals surface area (Å²) in [5, 5.41) is 16.3. The third-order valence-electron chi connectivity index (χ3n) is 2.68. The van der Waals surface area contributed by atoms with Crippen LogP contribution in [0.15, 0.2) is 24.3 Å². The molecule has 1 heterocycles. The second-order valence-electron chi connectivity index (χ2n) is 4.31. The lowest BCUT2D eigenvalue weighted by Gasteiger charge is -2.04. The molecule has 1 amide bonds. The first kappa shape index (κ1) is 12.2. The Hall–Kier alpha value is -2.30. The topological polar surface area (TPSA) is 67.2 Å². The maximum Gasteiger partial charge on any atom is 0.257 e. The molecule has 0 fully saturated rings. The van der Waals surface area contributed by atoms with Crippen molar-refractivity contribution in [1.29, 1.82) is 0 Å². The molecule has 0 spiro atoms. The predicted molar refractivity (Wildman–Crippen MR) is 68.7 cm³/mol. The van der Waals surface area contributed by atoms with Crippen molar-refractivity contribution in [2.24, 2.45) is 7.05 Å². The molecule has 94 valence electrons. The van der Waals surface area contributed by atoms with E-state index in [-0.39, 0.29) is 11.7 Å². The fraction of sp³-hybridized carbons (Fsp3) is 0.231. The number of carbonyl (C=O) groups excluding carboxylic acids is 1. The summed E-state index contributed by atoms with van der Waals surface area (Å²) in [4.78, 5) is 12.0. The number of hydrogen-bond donors (Lipinski definition) is 2. The van der Waals surface area contributed by atoms with Crippen molar-refractivity contribution >= 4 is 11.7 Å². The Bertz CT molecular complexity index is 563. The molecule has 1 aromatic heterocycles. The van der Waals surface area contributed by atoms with Crippen LogP contribution in [0.3, 0.4) is 0 Å². The van der Waals surface area contributed by atoms with Crippen molar-refractivity contribution in [1.82, 2.24) is 9.78 Å². The number of rotatable bonds is 2. The summed E-state index contributed by atoms with van der Waals surface area (Å²) >= 11 is 0. The van der Waals surface area contributed by atoms with Gasteiger partial charge in [-0.2, -0.15) is 5.10 Å². The van der Waals surface area contributed by atoms with Gasteiger partial charge in [0, 0.05) is 24.4 Å². The number of carbonyl (C=O) groups is 1. The number of benzene rings is 1. The van der Waals surface area contributed by atoms with Gasteiger partial charge in [0.25, 0.3) is 5.91 Å². The molecule has 0 radical (unpaired) electrons. The van der Waals surface area contributed by atoms with Gasteiger partial charge in [-0.1, -0.05) is 0 Å². The first-order valence-electron chi connectivity index (χ1n) is 5.58. The van der Waals surface area contributed by atoms with Crippen LogP contribution in [-0.2, 0) is 7.05 Å². The minimum absolute atomic E-state index is 0.0809. The summed E-state index contributed by atoms with van der Waals surface area (Å²) in [7, 11) is 1.81. The Balaban J connectivity index is 2.21. The number of phenols is 1. The molecule has 5 nitrogen and oxygen atoms in total. The molecule has 2 aromatic rings. The summed E-state index contributed by atoms with van der Waals surface area (Å²) in [6.07, 6.45) is 0.